The maximum atomic E-state index is 14.4. The summed E-state index contributed by atoms with van der Waals surface area (Å²) < 4.78 is 26.5. The summed E-state index contributed by atoms with van der Waals surface area (Å²) in [5.74, 6) is 0.507. The van der Waals surface area contributed by atoms with Gasteiger partial charge in [-0.15, -0.1) is 0 Å². The maximum absolute atomic E-state index is 14.4. The highest BCUT2D eigenvalue weighted by Crippen LogP contribution is 2.41. The number of ether oxygens (including phenoxy) is 2. The highest BCUT2D eigenvalue weighted by molar-refractivity contribution is 9.10. The van der Waals surface area contributed by atoms with E-state index in [0.29, 0.717) is 39.2 Å². The largest absolute Gasteiger partial charge is 0.494 e. The smallest absolute Gasteiger partial charge is 0.415 e. The number of likely N-dealkylation sites (tertiary alicyclic amines) is 1. The first-order valence-corrected chi connectivity index (χ1v) is 11.4. The summed E-state index contributed by atoms with van der Waals surface area (Å²) in [7, 11) is 3.62. The summed E-state index contributed by atoms with van der Waals surface area (Å²) in [6.45, 7) is 2.19. The monoisotopic (exact) mass is 515 g/mol. The van der Waals surface area contributed by atoms with Crippen molar-refractivity contribution >= 4 is 50.1 Å². The molecule has 0 saturated carbocycles. The maximum Gasteiger partial charge on any atom is 0.415 e. The van der Waals surface area contributed by atoms with Crippen LogP contribution in [0.3, 0.4) is 0 Å². The molecule has 2 aliphatic rings. The highest BCUT2D eigenvalue weighted by atomic mass is 79.9. The van der Waals surface area contributed by atoms with Crippen LogP contribution >= 0.6 is 15.9 Å². The average molecular weight is 516 g/mol. The molecule has 2 aromatic carbocycles. The van der Waals surface area contributed by atoms with Gasteiger partial charge < -0.3 is 19.7 Å². The van der Waals surface area contributed by atoms with Crippen LogP contribution in [-0.4, -0.2) is 60.4 Å². The molecule has 8 nitrogen and oxygen atoms in total. The lowest BCUT2D eigenvalue weighted by Crippen LogP contribution is -2.45. The van der Waals surface area contributed by atoms with E-state index >= 15 is 0 Å². The van der Waals surface area contributed by atoms with Crippen molar-refractivity contribution in [3.8, 4) is 5.75 Å². The summed E-state index contributed by atoms with van der Waals surface area (Å²) in [5, 5.41) is 3.67. The predicted molar refractivity (Wildman–Crippen MR) is 127 cm³/mol. The summed E-state index contributed by atoms with van der Waals surface area (Å²) in [6.07, 6.45) is 2.56. The standard InChI is InChI=1S/C23H23BrFN5O3/c1-29-7-5-23(6-8-29)12-30(22(31)33-23)19-10-15-18(11-20(19)32-2)26-13-27-21(15)28-17-4-3-14(24)9-16(17)25/h3-4,9-11,13H,5-8,12H2,1-2H3,(H,26,27,28). The Kier molecular flexibility index (Phi) is 5.57. The van der Waals surface area contributed by atoms with Crippen molar-refractivity contribution in [2.24, 2.45) is 0 Å². The zero-order chi connectivity index (χ0) is 23.2. The van der Waals surface area contributed by atoms with Gasteiger partial charge >= 0.3 is 6.09 Å². The van der Waals surface area contributed by atoms with Gasteiger partial charge in [-0.05, 0) is 31.3 Å². The van der Waals surface area contributed by atoms with Gasteiger partial charge in [0.05, 0.1) is 30.5 Å². The molecule has 0 radical (unpaired) electrons. The number of piperidine rings is 1. The summed E-state index contributed by atoms with van der Waals surface area (Å²) in [6, 6.07) is 8.29. The minimum absolute atomic E-state index is 0.279. The molecule has 2 aliphatic heterocycles. The number of benzene rings is 2. The molecule has 1 N–H and O–H groups in total. The van der Waals surface area contributed by atoms with Crippen molar-refractivity contribution in [2.75, 3.05) is 44.0 Å². The minimum atomic E-state index is -0.502. The molecule has 2 saturated heterocycles. The molecule has 1 spiro atoms. The van der Waals surface area contributed by atoms with E-state index in [2.05, 4.69) is 43.2 Å². The van der Waals surface area contributed by atoms with Crippen molar-refractivity contribution < 1.29 is 18.7 Å². The lowest BCUT2D eigenvalue weighted by molar-refractivity contribution is 0.00678. The van der Waals surface area contributed by atoms with Gasteiger partial charge in [0, 0.05) is 41.9 Å². The number of fused-ring (bicyclic) bond motifs is 1. The summed E-state index contributed by atoms with van der Waals surface area (Å²) >= 11 is 3.26. The summed E-state index contributed by atoms with van der Waals surface area (Å²) in [5.41, 5.74) is 0.951. The van der Waals surface area contributed by atoms with E-state index in [0.717, 1.165) is 25.9 Å². The van der Waals surface area contributed by atoms with Gasteiger partial charge in [0.15, 0.2) is 0 Å². The number of hydrogen-bond donors (Lipinski definition) is 1. The van der Waals surface area contributed by atoms with Crippen LogP contribution < -0.4 is 15.0 Å². The first kappa shape index (κ1) is 21.8. The second kappa shape index (κ2) is 8.42. The number of methoxy groups -OCH3 is 1. The molecule has 1 aromatic heterocycles. The number of carbonyl (C=O) groups is 1. The van der Waals surface area contributed by atoms with Gasteiger partial charge in [-0.3, -0.25) is 4.90 Å². The second-order valence-corrected chi connectivity index (χ2v) is 9.37. The van der Waals surface area contributed by atoms with Crippen molar-refractivity contribution in [3.05, 3.63) is 46.9 Å². The molecule has 5 rings (SSSR count). The van der Waals surface area contributed by atoms with Crippen molar-refractivity contribution in [1.29, 1.82) is 0 Å². The molecule has 0 unspecified atom stereocenters. The van der Waals surface area contributed by atoms with Crippen LogP contribution in [0, 0.1) is 5.82 Å². The van der Waals surface area contributed by atoms with Crippen LogP contribution in [0.15, 0.2) is 41.1 Å². The van der Waals surface area contributed by atoms with Gasteiger partial charge in [0.25, 0.3) is 0 Å². The number of carbonyl (C=O) groups excluding carboxylic acids is 1. The minimum Gasteiger partial charge on any atom is -0.494 e. The molecule has 0 aliphatic carbocycles. The Hall–Kier alpha value is -2.98. The van der Waals surface area contributed by atoms with E-state index in [1.807, 2.05) is 0 Å². The number of halogens is 2. The third-order valence-corrected chi connectivity index (χ3v) is 6.77. The van der Waals surface area contributed by atoms with Gasteiger partial charge in [0.2, 0.25) is 0 Å². The molecule has 10 heteroatoms. The van der Waals surface area contributed by atoms with Crippen molar-refractivity contribution in [3.63, 3.8) is 0 Å². The van der Waals surface area contributed by atoms with Crippen LogP contribution in [0.4, 0.5) is 26.4 Å². The molecule has 172 valence electrons. The fourth-order valence-corrected chi connectivity index (χ4v) is 4.69. The Bertz CT molecular complexity index is 1230. The molecule has 33 heavy (non-hydrogen) atoms. The van der Waals surface area contributed by atoms with E-state index in [1.165, 1.54) is 12.4 Å². The van der Waals surface area contributed by atoms with E-state index in [-0.39, 0.29) is 5.69 Å². The van der Waals surface area contributed by atoms with Crippen molar-refractivity contribution in [1.82, 2.24) is 14.9 Å². The third kappa shape index (κ3) is 4.08. The lowest BCUT2D eigenvalue weighted by atomic mass is 9.91. The Morgan fingerprint density at radius 3 is 2.73 bits per heavy atom. The Morgan fingerprint density at radius 1 is 1.21 bits per heavy atom. The second-order valence-electron chi connectivity index (χ2n) is 8.45. The average Bonchev–Trinajstić information content (AvgIpc) is 3.12. The number of nitrogens with one attached hydrogen (secondary N) is 1. The SMILES string of the molecule is COc1cc2ncnc(Nc3ccc(Br)cc3F)c2cc1N1CC2(CCN(C)CC2)OC1=O. The Morgan fingerprint density at radius 2 is 2.00 bits per heavy atom. The fourth-order valence-electron chi connectivity index (χ4n) is 4.36. The van der Waals surface area contributed by atoms with E-state index < -0.39 is 17.5 Å². The zero-order valence-electron chi connectivity index (χ0n) is 18.3. The number of hydrogen-bond acceptors (Lipinski definition) is 7. The quantitative estimate of drug-likeness (QED) is 0.539. The first-order valence-electron chi connectivity index (χ1n) is 10.6. The van der Waals surface area contributed by atoms with E-state index in [1.54, 1.807) is 36.3 Å². The van der Waals surface area contributed by atoms with Crippen LogP contribution in [0.5, 0.6) is 5.75 Å². The molecule has 3 aromatic rings. The first-order chi connectivity index (χ1) is 15.9. The fraction of sp³-hybridized carbons (Fsp3) is 0.348. The van der Waals surface area contributed by atoms with Crippen LogP contribution in [0.2, 0.25) is 0 Å². The number of nitrogens with zero attached hydrogens (tertiary/aromatic N) is 4. The van der Waals surface area contributed by atoms with Gasteiger partial charge in [-0.2, -0.15) is 0 Å². The number of rotatable bonds is 4. The number of amides is 1. The molecular formula is C23H23BrFN5O3. The third-order valence-electron chi connectivity index (χ3n) is 6.28. The molecule has 3 heterocycles. The Labute approximate surface area is 198 Å². The lowest BCUT2D eigenvalue weighted by Gasteiger charge is -2.35. The molecule has 1 amide bonds. The van der Waals surface area contributed by atoms with Gasteiger partial charge in [-0.25, -0.2) is 19.2 Å². The van der Waals surface area contributed by atoms with Gasteiger partial charge in [0.1, 0.15) is 29.3 Å². The summed E-state index contributed by atoms with van der Waals surface area (Å²) in [4.78, 5) is 25.4. The molecule has 2 fully saturated rings. The zero-order valence-corrected chi connectivity index (χ0v) is 19.9. The van der Waals surface area contributed by atoms with E-state index in [4.69, 9.17) is 9.47 Å². The van der Waals surface area contributed by atoms with Crippen LogP contribution in [-0.2, 0) is 4.74 Å². The van der Waals surface area contributed by atoms with Crippen LogP contribution in [0.1, 0.15) is 12.8 Å². The van der Waals surface area contributed by atoms with E-state index in [9.17, 15) is 9.18 Å². The molecule has 0 bridgehead atoms. The number of aromatic nitrogens is 2. The van der Waals surface area contributed by atoms with Crippen LogP contribution in [0.25, 0.3) is 10.9 Å². The molecular weight excluding hydrogens is 493 g/mol. The molecule has 0 atom stereocenters. The van der Waals surface area contributed by atoms with Gasteiger partial charge in [-0.1, -0.05) is 15.9 Å². The number of anilines is 3. The normalized spacial score (nSPS) is 18.1. The Balaban J connectivity index is 1.54. The highest BCUT2D eigenvalue weighted by Gasteiger charge is 2.47. The van der Waals surface area contributed by atoms with Crippen molar-refractivity contribution in [2.45, 2.75) is 18.4 Å². The predicted octanol–water partition coefficient (Wildman–Crippen LogP) is 4.70. The topological polar surface area (TPSA) is 79.8 Å².